The Morgan fingerprint density at radius 2 is 1.13 bits per heavy atom. The number of pyridine rings is 1. The molecule has 39 heavy (non-hydrogen) atoms. The molecule has 0 saturated carbocycles. The van der Waals surface area contributed by atoms with Crippen molar-refractivity contribution in [1.82, 2.24) is 4.40 Å². The molecule has 0 saturated heterocycles. The highest BCUT2D eigenvalue weighted by Gasteiger charge is 2.28. The fraction of sp³-hybridized carbons (Fsp3) is 0.0588. The van der Waals surface area contributed by atoms with E-state index in [1.54, 1.807) is 0 Å². The van der Waals surface area contributed by atoms with Gasteiger partial charge in [0.15, 0.2) is 0 Å². The van der Waals surface area contributed by atoms with Crippen LogP contribution >= 0.6 is 0 Å². The predicted molar refractivity (Wildman–Crippen MR) is 152 cm³/mol. The summed E-state index contributed by atoms with van der Waals surface area (Å²) < 4.78 is 1.96. The molecule has 180 valence electrons. The molecule has 5 heteroatoms. The Bertz CT molecular complexity index is 2190. The van der Waals surface area contributed by atoms with Crippen molar-refractivity contribution in [2.75, 3.05) is 0 Å². The highest BCUT2D eigenvalue weighted by atomic mass is 14.9. The van der Waals surface area contributed by atoms with E-state index in [0.29, 0.717) is 10.9 Å². The van der Waals surface area contributed by atoms with Crippen molar-refractivity contribution < 1.29 is 0 Å². The van der Waals surface area contributed by atoms with E-state index in [1.807, 2.05) is 78.1 Å². The van der Waals surface area contributed by atoms with Gasteiger partial charge >= 0.3 is 0 Å². The lowest BCUT2D eigenvalue weighted by molar-refractivity contribution is 1.27. The van der Waals surface area contributed by atoms with Gasteiger partial charge in [0.05, 0.1) is 38.8 Å². The maximum atomic E-state index is 10.5. The van der Waals surface area contributed by atoms with Crippen LogP contribution in [0.2, 0.25) is 0 Å². The van der Waals surface area contributed by atoms with Gasteiger partial charge in [-0.05, 0) is 59.4 Å². The number of fused-ring (bicyclic) bond motifs is 5. The Labute approximate surface area is 225 Å². The number of rotatable bonds is 2. The molecule has 2 aromatic heterocycles. The second kappa shape index (κ2) is 8.90. The van der Waals surface area contributed by atoms with E-state index in [4.69, 9.17) is 0 Å². The van der Waals surface area contributed by atoms with Gasteiger partial charge in [-0.2, -0.15) is 21.0 Å². The highest BCUT2D eigenvalue weighted by molar-refractivity contribution is 6.12. The summed E-state index contributed by atoms with van der Waals surface area (Å²) in [6.45, 7) is 4.07. The lowest BCUT2D eigenvalue weighted by atomic mass is 9.84. The molecule has 2 heterocycles. The summed E-state index contributed by atoms with van der Waals surface area (Å²) in [5.74, 6) is 0. The standard InChI is InChI=1S/C34H19N5/c1-20-9-3-5-11-23(20)24-12-6-7-13-25(24)32-21(2)31-15-22-10-4-8-14-30(22)39(31)34-29(19-38)27(17-36)26(16-35)28(18-37)33(32)34/h3-15H,1-2H3. The molecule has 0 unspecified atom stereocenters. The van der Waals surface area contributed by atoms with Crippen LogP contribution in [0.5, 0.6) is 0 Å². The van der Waals surface area contributed by atoms with Crippen LogP contribution in [0.15, 0.2) is 78.9 Å². The summed E-state index contributed by atoms with van der Waals surface area (Å²) >= 11 is 0. The minimum atomic E-state index is -0.0786. The number of aryl methyl sites for hydroxylation is 2. The summed E-state index contributed by atoms with van der Waals surface area (Å²) in [6.07, 6.45) is 0. The molecule has 0 aliphatic rings. The van der Waals surface area contributed by atoms with Gasteiger partial charge < -0.3 is 4.40 Å². The molecule has 0 amide bonds. The molecule has 6 rings (SSSR count). The van der Waals surface area contributed by atoms with Crippen LogP contribution < -0.4 is 0 Å². The Hall–Kier alpha value is -5.88. The topological polar surface area (TPSA) is 99.6 Å². The fourth-order valence-electron chi connectivity index (χ4n) is 5.78. The third-order valence-electron chi connectivity index (χ3n) is 7.50. The lowest BCUT2D eigenvalue weighted by Crippen LogP contribution is -2.05. The first kappa shape index (κ1) is 23.5. The van der Waals surface area contributed by atoms with Crippen LogP contribution in [0.1, 0.15) is 33.4 Å². The Balaban J connectivity index is 1.98. The molecular weight excluding hydrogens is 478 g/mol. The third kappa shape index (κ3) is 3.22. The van der Waals surface area contributed by atoms with Crippen LogP contribution in [0, 0.1) is 59.2 Å². The van der Waals surface area contributed by atoms with Crippen molar-refractivity contribution in [2.45, 2.75) is 13.8 Å². The Morgan fingerprint density at radius 1 is 0.564 bits per heavy atom. The van der Waals surface area contributed by atoms with E-state index < -0.39 is 0 Å². The van der Waals surface area contributed by atoms with Gasteiger partial charge in [0, 0.05) is 10.8 Å². The van der Waals surface area contributed by atoms with Crippen molar-refractivity contribution in [1.29, 1.82) is 21.0 Å². The van der Waals surface area contributed by atoms with E-state index in [0.717, 1.165) is 49.8 Å². The van der Waals surface area contributed by atoms with Gasteiger partial charge in [-0.25, -0.2) is 0 Å². The minimum absolute atomic E-state index is 0.0751. The molecule has 6 aromatic rings. The van der Waals surface area contributed by atoms with Crippen molar-refractivity contribution in [3.8, 4) is 46.5 Å². The van der Waals surface area contributed by atoms with Gasteiger partial charge in [-0.15, -0.1) is 0 Å². The summed E-state index contributed by atoms with van der Waals surface area (Å²) in [7, 11) is 0. The van der Waals surface area contributed by atoms with Crippen molar-refractivity contribution in [3.63, 3.8) is 0 Å². The highest BCUT2D eigenvalue weighted by Crippen LogP contribution is 2.45. The van der Waals surface area contributed by atoms with Gasteiger partial charge in [0.2, 0.25) is 0 Å². The van der Waals surface area contributed by atoms with Gasteiger partial charge in [0.25, 0.3) is 0 Å². The maximum Gasteiger partial charge on any atom is 0.103 e. The molecule has 0 atom stereocenters. The summed E-state index contributed by atoms with van der Waals surface area (Å²) in [4.78, 5) is 0. The predicted octanol–water partition coefficient (Wildman–Crippen LogP) is 7.68. The molecule has 0 aliphatic carbocycles. The second-order valence-electron chi connectivity index (χ2n) is 9.46. The zero-order valence-electron chi connectivity index (χ0n) is 21.2. The second-order valence-corrected chi connectivity index (χ2v) is 9.46. The van der Waals surface area contributed by atoms with Crippen LogP contribution in [0.3, 0.4) is 0 Å². The lowest BCUT2D eigenvalue weighted by Gasteiger charge is -2.21. The summed E-state index contributed by atoms with van der Waals surface area (Å²) in [5, 5.41) is 42.5. The van der Waals surface area contributed by atoms with E-state index in [2.05, 4.69) is 43.3 Å². The molecule has 0 aliphatic heterocycles. The van der Waals surface area contributed by atoms with Crippen LogP contribution in [-0.2, 0) is 0 Å². The van der Waals surface area contributed by atoms with Gasteiger partial charge in [0.1, 0.15) is 24.3 Å². The summed E-state index contributed by atoms with van der Waals surface area (Å²) in [6, 6.07) is 34.6. The van der Waals surface area contributed by atoms with Crippen molar-refractivity contribution in [3.05, 3.63) is 112 Å². The zero-order valence-corrected chi connectivity index (χ0v) is 21.2. The first-order chi connectivity index (χ1) is 19.0. The molecule has 0 bridgehead atoms. The quantitative estimate of drug-likeness (QED) is 0.245. The number of nitriles is 4. The molecule has 4 aromatic carbocycles. The molecule has 5 nitrogen and oxygen atoms in total. The van der Waals surface area contributed by atoms with Crippen molar-refractivity contribution in [2.24, 2.45) is 0 Å². The van der Waals surface area contributed by atoms with E-state index in [9.17, 15) is 21.0 Å². The van der Waals surface area contributed by atoms with Gasteiger partial charge in [-0.3, -0.25) is 0 Å². The average molecular weight is 498 g/mol. The Morgan fingerprint density at radius 3 is 1.79 bits per heavy atom. The molecule has 0 radical (unpaired) electrons. The normalized spacial score (nSPS) is 10.7. The largest absolute Gasteiger partial charge is 0.308 e. The van der Waals surface area contributed by atoms with Gasteiger partial charge in [-0.1, -0.05) is 66.7 Å². The van der Waals surface area contributed by atoms with E-state index in [1.165, 1.54) is 0 Å². The first-order valence-corrected chi connectivity index (χ1v) is 12.4. The minimum Gasteiger partial charge on any atom is -0.308 e. The van der Waals surface area contributed by atoms with E-state index in [-0.39, 0.29) is 22.3 Å². The fourth-order valence-corrected chi connectivity index (χ4v) is 5.78. The SMILES string of the molecule is Cc1ccccc1-c1ccccc1-c1c(C)c2cc3ccccc3n2c2c(C#N)c(C#N)c(C#N)c(C#N)c12. The van der Waals surface area contributed by atoms with Crippen LogP contribution in [-0.4, -0.2) is 4.40 Å². The first-order valence-electron chi connectivity index (χ1n) is 12.4. The average Bonchev–Trinajstić information content (AvgIpc) is 3.36. The number of aromatic nitrogens is 1. The number of para-hydroxylation sites is 1. The molecular formula is C34H19N5. The number of benzene rings is 4. The van der Waals surface area contributed by atoms with E-state index >= 15 is 0 Å². The van der Waals surface area contributed by atoms with Crippen molar-refractivity contribution >= 4 is 27.3 Å². The summed E-state index contributed by atoms with van der Waals surface area (Å²) in [5.41, 5.74) is 7.91. The van der Waals surface area contributed by atoms with Crippen LogP contribution in [0.4, 0.5) is 0 Å². The number of hydrogen-bond donors (Lipinski definition) is 0. The maximum absolute atomic E-state index is 10.5. The number of hydrogen-bond acceptors (Lipinski definition) is 4. The third-order valence-corrected chi connectivity index (χ3v) is 7.50. The molecule has 0 N–H and O–H groups in total. The smallest absolute Gasteiger partial charge is 0.103 e. The van der Waals surface area contributed by atoms with Crippen LogP contribution in [0.25, 0.3) is 49.6 Å². The molecule has 0 spiro atoms. The molecule has 0 fully saturated rings. The zero-order chi connectivity index (χ0) is 27.3. The monoisotopic (exact) mass is 497 g/mol. The number of nitrogens with zero attached hydrogens (tertiary/aromatic N) is 5. The Kier molecular flexibility index (Phi) is 5.37.